The number of rotatable bonds is 6. The topological polar surface area (TPSA) is 85.7 Å². The normalized spacial score (nSPS) is 19.6. The molecule has 3 aromatic rings. The summed E-state index contributed by atoms with van der Waals surface area (Å²) in [5, 5.41) is 10.2. The monoisotopic (exact) mass is 379 g/mol. The van der Waals surface area contributed by atoms with E-state index in [4.69, 9.17) is 20.0 Å². The second kappa shape index (κ2) is 8.07. The van der Waals surface area contributed by atoms with Crippen LogP contribution >= 0.6 is 0 Å². The summed E-state index contributed by atoms with van der Waals surface area (Å²) >= 11 is 0. The van der Waals surface area contributed by atoms with Gasteiger partial charge in [-0.15, -0.1) is 0 Å². The minimum Gasteiger partial charge on any atom is -0.489 e. The van der Waals surface area contributed by atoms with Crippen molar-refractivity contribution in [2.45, 2.75) is 50.7 Å². The van der Waals surface area contributed by atoms with Gasteiger partial charge in [-0.3, -0.25) is 4.79 Å². The van der Waals surface area contributed by atoms with Crippen molar-refractivity contribution in [3.8, 4) is 5.75 Å². The van der Waals surface area contributed by atoms with Crippen LogP contribution in [0.2, 0.25) is 0 Å². The minimum absolute atomic E-state index is 0.0511. The van der Waals surface area contributed by atoms with Crippen molar-refractivity contribution in [3.63, 3.8) is 0 Å². The Labute approximate surface area is 164 Å². The molecule has 0 unspecified atom stereocenters. The molecule has 0 atom stereocenters. The van der Waals surface area contributed by atoms with Crippen molar-refractivity contribution in [1.29, 1.82) is 0 Å². The predicted molar refractivity (Wildman–Crippen MR) is 108 cm³/mol. The first-order valence-corrected chi connectivity index (χ1v) is 9.78. The van der Waals surface area contributed by atoms with Crippen LogP contribution in [0.25, 0.3) is 11.0 Å². The summed E-state index contributed by atoms with van der Waals surface area (Å²) in [7, 11) is 0. The Morgan fingerprint density at radius 2 is 1.93 bits per heavy atom. The zero-order valence-electron chi connectivity index (χ0n) is 15.8. The Kier molecular flexibility index (Phi) is 5.35. The molecule has 0 aliphatic heterocycles. The highest BCUT2D eigenvalue weighted by Gasteiger charge is 2.23. The standard InChI is InChI=1S/C23H25NO4/c24-19-7-5-16(6-8-19)20-12-15(11-18-9-10-27-23(18)20)14-28-21-4-2-1-3-17(21)13-22(25)26/h1-4,9-12,16,19H,5-8,13-14,24H2,(H,25,26). The van der Waals surface area contributed by atoms with E-state index in [9.17, 15) is 4.79 Å². The molecule has 146 valence electrons. The highest BCUT2D eigenvalue weighted by molar-refractivity contribution is 5.82. The lowest BCUT2D eigenvalue weighted by Crippen LogP contribution is -2.25. The first kappa shape index (κ1) is 18.6. The van der Waals surface area contributed by atoms with Gasteiger partial charge in [0.1, 0.15) is 17.9 Å². The van der Waals surface area contributed by atoms with Crippen molar-refractivity contribution in [1.82, 2.24) is 0 Å². The van der Waals surface area contributed by atoms with E-state index >= 15 is 0 Å². The van der Waals surface area contributed by atoms with Crippen molar-refractivity contribution in [2.75, 3.05) is 0 Å². The average Bonchev–Trinajstić information content (AvgIpc) is 3.15. The smallest absolute Gasteiger partial charge is 0.307 e. The Hall–Kier alpha value is -2.79. The second-order valence-corrected chi connectivity index (χ2v) is 7.60. The lowest BCUT2D eigenvalue weighted by Gasteiger charge is -2.26. The molecule has 0 radical (unpaired) electrons. The quantitative estimate of drug-likeness (QED) is 0.652. The molecule has 0 saturated heterocycles. The summed E-state index contributed by atoms with van der Waals surface area (Å²) in [6.45, 7) is 0.386. The number of hydrogen-bond donors (Lipinski definition) is 2. The molecule has 0 spiro atoms. The fourth-order valence-electron chi connectivity index (χ4n) is 4.11. The number of carboxylic acids is 1. The number of para-hydroxylation sites is 1. The number of furan rings is 1. The lowest BCUT2D eigenvalue weighted by molar-refractivity contribution is -0.136. The second-order valence-electron chi connectivity index (χ2n) is 7.60. The highest BCUT2D eigenvalue weighted by atomic mass is 16.5. The van der Waals surface area contributed by atoms with Gasteiger partial charge in [0.25, 0.3) is 0 Å². The fourth-order valence-corrected chi connectivity index (χ4v) is 4.11. The van der Waals surface area contributed by atoms with Crippen LogP contribution in [0.5, 0.6) is 5.75 Å². The third-order valence-corrected chi connectivity index (χ3v) is 5.56. The number of ether oxygens (including phenoxy) is 1. The summed E-state index contributed by atoms with van der Waals surface area (Å²) < 4.78 is 11.8. The third kappa shape index (κ3) is 4.04. The van der Waals surface area contributed by atoms with E-state index in [0.29, 0.717) is 29.9 Å². The van der Waals surface area contributed by atoms with Gasteiger partial charge in [0.05, 0.1) is 12.7 Å². The Morgan fingerprint density at radius 1 is 1.14 bits per heavy atom. The van der Waals surface area contributed by atoms with E-state index in [-0.39, 0.29) is 6.42 Å². The molecule has 3 N–H and O–H groups in total. The van der Waals surface area contributed by atoms with E-state index in [0.717, 1.165) is 42.2 Å². The summed E-state index contributed by atoms with van der Waals surface area (Å²) in [5.74, 6) is 0.198. The molecule has 1 saturated carbocycles. The molecule has 0 bridgehead atoms. The highest BCUT2D eigenvalue weighted by Crippen LogP contribution is 2.37. The fraction of sp³-hybridized carbons (Fsp3) is 0.348. The summed E-state index contributed by atoms with van der Waals surface area (Å²) in [6, 6.07) is 13.8. The first-order chi connectivity index (χ1) is 13.6. The van der Waals surface area contributed by atoms with Crippen LogP contribution in [0.15, 0.2) is 53.1 Å². The molecular formula is C23H25NO4. The molecule has 1 aliphatic rings. The van der Waals surface area contributed by atoms with Gasteiger partial charge in [0.2, 0.25) is 0 Å². The van der Waals surface area contributed by atoms with Gasteiger partial charge < -0.3 is 20.0 Å². The van der Waals surface area contributed by atoms with Crippen molar-refractivity contribution < 1.29 is 19.1 Å². The zero-order chi connectivity index (χ0) is 19.5. The van der Waals surface area contributed by atoms with E-state index in [1.165, 1.54) is 5.56 Å². The Balaban J connectivity index is 1.57. The molecule has 2 aromatic carbocycles. The van der Waals surface area contributed by atoms with Gasteiger partial charge in [-0.05, 0) is 67.0 Å². The molecular weight excluding hydrogens is 354 g/mol. The Morgan fingerprint density at radius 3 is 2.71 bits per heavy atom. The number of fused-ring (bicyclic) bond motifs is 1. The molecule has 5 nitrogen and oxygen atoms in total. The van der Waals surface area contributed by atoms with Gasteiger partial charge >= 0.3 is 5.97 Å². The lowest BCUT2D eigenvalue weighted by atomic mass is 9.81. The number of benzene rings is 2. The molecule has 1 fully saturated rings. The largest absolute Gasteiger partial charge is 0.489 e. The van der Waals surface area contributed by atoms with E-state index in [1.807, 2.05) is 24.3 Å². The maximum Gasteiger partial charge on any atom is 0.307 e. The SMILES string of the molecule is NC1CCC(c2cc(COc3ccccc3CC(=O)O)cc3ccoc23)CC1. The van der Waals surface area contributed by atoms with Crippen molar-refractivity contribution in [2.24, 2.45) is 5.73 Å². The third-order valence-electron chi connectivity index (χ3n) is 5.56. The summed E-state index contributed by atoms with van der Waals surface area (Å²) in [5.41, 5.74) is 10.00. The number of nitrogens with two attached hydrogens (primary N) is 1. The van der Waals surface area contributed by atoms with E-state index in [1.54, 1.807) is 12.3 Å². The number of hydrogen-bond acceptors (Lipinski definition) is 4. The van der Waals surface area contributed by atoms with Crippen LogP contribution in [-0.4, -0.2) is 17.1 Å². The van der Waals surface area contributed by atoms with Crippen molar-refractivity contribution >= 4 is 16.9 Å². The van der Waals surface area contributed by atoms with E-state index < -0.39 is 5.97 Å². The zero-order valence-corrected chi connectivity index (χ0v) is 15.8. The molecule has 5 heteroatoms. The van der Waals surface area contributed by atoms with Gasteiger partial charge in [0, 0.05) is 17.0 Å². The molecule has 1 heterocycles. The number of aliphatic carboxylic acids is 1. The number of carbonyl (C=O) groups is 1. The molecule has 4 rings (SSSR count). The average molecular weight is 379 g/mol. The van der Waals surface area contributed by atoms with Crippen LogP contribution in [0, 0.1) is 0 Å². The van der Waals surface area contributed by atoms with Crippen LogP contribution in [0.1, 0.15) is 48.3 Å². The van der Waals surface area contributed by atoms with E-state index in [2.05, 4.69) is 12.1 Å². The van der Waals surface area contributed by atoms with Gasteiger partial charge in [0.15, 0.2) is 0 Å². The summed E-state index contributed by atoms with van der Waals surface area (Å²) in [6.07, 6.45) is 5.90. The van der Waals surface area contributed by atoms with Crippen LogP contribution < -0.4 is 10.5 Å². The van der Waals surface area contributed by atoms with Crippen LogP contribution in [-0.2, 0) is 17.8 Å². The Bertz CT molecular complexity index is 970. The van der Waals surface area contributed by atoms with Gasteiger partial charge in [-0.2, -0.15) is 0 Å². The number of carboxylic acid groups (broad SMARTS) is 1. The molecule has 28 heavy (non-hydrogen) atoms. The maximum atomic E-state index is 11.1. The van der Waals surface area contributed by atoms with Crippen LogP contribution in [0.4, 0.5) is 0 Å². The molecule has 1 aromatic heterocycles. The predicted octanol–water partition coefficient (Wildman–Crippen LogP) is 4.62. The van der Waals surface area contributed by atoms with Crippen LogP contribution in [0.3, 0.4) is 0 Å². The maximum absolute atomic E-state index is 11.1. The first-order valence-electron chi connectivity index (χ1n) is 9.78. The molecule has 1 aliphatic carbocycles. The molecule has 0 amide bonds. The minimum atomic E-state index is -0.867. The summed E-state index contributed by atoms with van der Waals surface area (Å²) in [4.78, 5) is 11.1. The van der Waals surface area contributed by atoms with Gasteiger partial charge in [-0.25, -0.2) is 0 Å². The van der Waals surface area contributed by atoms with Gasteiger partial charge in [-0.1, -0.05) is 18.2 Å². The van der Waals surface area contributed by atoms with Crippen molar-refractivity contribution in [3.05, 3.63) is 65.4 Å².